The average Bonchev–Trinajstić information content (AvgIpc) is 2.81. The summed E-state index contributed by atoms with van der Waals surface area (Å²) >= 11 is 0. The van der Waals surface area contributed by atoms with Crippen molar-refractivity contribution in [3.05, 3.63) is 71.0 Å². The number of carbonyl (C=O) groups is 3. The molecule has 4 N–H and O–H groups in total. The van der Waals surface area contributed by atoms with Crippen molar-refractivity contribution in [2.45, 2.75) is 71.0 Å². The summed E-state index contributed by atoms with van der Waals surface area (Å²) in [5.74, 6) is -2.05. The van der Waals surface area contributed by atoms with Gasteiger partial charge in [-0.25, -0.2) is 4.39 Å². The summed E-state index contributed by atoms with van der Waals surface area (Å²) in [5.41, 5.74) is 13.6. The maximum atomic E-state index is 14.4. The van der Waals surface area contributed by atoms with Gasteiger partial charge >= 0.3 is 0 Å². The van der Waals surface area contributed by atoms with Gasteiger partial charge in [-0.3, -0.25) is 14.4 Å². The highest BCUT2D eigenvalue weighted by Crippen LogP contribution is 2.27. The van der Waals surface area contributed by atoms with Crippen molar-refractivity contribution in [3.8, 4) is 0 Å². The maximum absolute atomic E-state index is 14.4. The lowest BCUT2D eigenvalue weighted by atomic mass is 9.85. The Bertz CT molecular complexity index is 1100. The van der Waals surface area contributed by atoms with Crippen molar-refractivity contribution >= 4 is 17.7 Å². The van der Waals surface area contributed by atoms with Gasteiger partial charge in [0.2, 0.25) is 17.7 Å². The minimum absolute atomic E-state index is 0.122. The van der Waals surface area contributed by atoms with Crippen molar-refractivity contribution in [1.82, 2.24) is 9.80 Å². The average molecular weight is 513 g/mol. The number of carbonyl (C=O) groups excluding carboxylic acids is 3. The zero-order chi connectivity index (χ0) is 28.1. The molecule has 0 aliphatic heterocycles. The number of amides is 3. The first-order valence-corrected chi connectivity index (χ1v) is 12.6. The van der Waals surface area contributed by atoms with Gasteiger partial charge in [0.25, 0.3) is 0 Å². The summed E-state index contributed by atoms with van der Waals surface area (Å²) in [6, 6.07) is 11.4. The summed E-state index contributed by atoms with van der Waals surface area (Å²) in [6.07, 6.45) is 0.459. The Hall–Kier alpha value is -3.26. The molecule has 0 bridgehead atoms. The van der Waals surface area contributed by atoms with Gasteiger partial charge in [-0.1, -0.05) is 77.1 Å². The molecule has 7 nitrogen and oxygen atoms in total. The molecule has 2 rings (SSSR count). The van der Waals surface area contributed by atoms with E-state index in [4.69, 9.17) is 11.5 Å². The second-order valence-corrected chi connectivity index (χ2v) is 11.1. The van der Waals surface area contributed by atoms with Crippen molar-refractivity contribution in [1.29, 1.82) is 0 Å². The number of halogens is 1. The molecule has 8 heteroatoms. The molecule has 0 aliphatic rings. The Labute approximate surface area is 220 Å². The van der Waals surface area contributed by atoms with E-state index in [0.29, 0.717) is 17.5 Å². The lowest BCUT2D eigenvalue weighted by molar-refractivity contribution is -0.149. The molecule has 202 valence electrons. The highest BCUT2D eigenvalue weighted by atomic mass is 19.1. The predicted octanol–water partition coefficient (Wildman–Crippen LogP) is 3.03. The van der Waals surface area contributed by atoms with Crippen LogP contribution < -0.4 is 11.5 Å². The zero-order valence-corrected chi connectivity index (χ0v) is 23.0. The molecule has 0 heterocycles. The number of likely N-dealkylation sites (N-methyl/N-ethyl adjacent to an activating group) is 2. The molecule has 0 saturated heterocycles. The van der Waals surface area contributed by atoms with E-state index >= 15 is 0 Å². The minimum atomic E-state index is -0.978. The molecule has 0 fully saturated rings. The molecular weight excluding hydrogens is 471 g/mol. The number of primary amides is 1. The third kappa shape index (κ3) is 7.61. The molecule has 0 aromatic heterocycles. The summed E-state index contributed by atoms with van der Waals surface area (Å²) in [4.78, 5) is 41.9. The van der Waals surface area contributed by atoms with E-state index < -0.39 is 35.4 Å². The number of hydrogen-bond donors (Lipinski definition) is 2. The van der Waals surface area contributed by atoms with E-state index in [0.717, 1.165) is 5.56 Å². The third-order valence-corrected chi connectivity index (χ3v) is 6.68. The lowest BCUT2D eigenvalue weighted by Crippen LogP contribution is -2.58. The Balaban J connectivity index is 2.26. The minimum Gasteiger partial charge on any atom is -0.368 e. The van der Waals surface area contributed by atoms with Crippen molar-refractivity contribution in [2.24, 2.45) is 17.4 Å². The monoisotopic (exact) mass is 512 g/mol. The predicted molar refractivity (Wildman–Crippen MR) is 144 cm³/mol. The van der Waals surface area contributed by atoms with Crippen molar-refractivity contribution < 1.29 is 18.8 Å². The molecule has 0 spiro atoms. The molecule has 0 aliphatic carbocycles. The third-order valence-electron chi connectivity index (χ3n) is 6.68. The first kappa shape index (κ1) is 30.0. The Morgan fingerprint density at radius 2 is 1.49 bits per heavy atom. The highest BCUT2D eigenvalue weighted by Gasteiger charge is 2.37. The fourth-order valence-corrected chi connectivity index (χ4v) is 4.54. The topological polar surface area (TPSA) is 110 Å². The molecule has 37 heavy (non-hydrogen) atoms. The van der Waals surface area contributed by atoms with Crippen LogP contribution in [0.15, 0.2) is 48.5 Å². The van der Waals surface area contributed by atoms with Crippen molar-refractivity contribution in [3.63, 3.8) is 0 Å². The van der Waals surface area contributed by atoms with Gasteiger partial charge in [-0.2, -0.15) is 0 Å². The van der Waals surface area contributed by atoms with E-state index in [1.807, 2.05) is 65.0 Å². The second-order valence-electron chi connectivity index (χ2n) is 11.1. The van der Waals surface area contributed by atoms with Crippen LogP contribution in [0.25, 0.3) is 0 Å². The number of rotatable bonds is 10. The van der Waals surface area contributed by atoms with E-state index in [2.05, 4.69) is 0 Å². The van der Waals surface area contributed by atoms with E-state index in [-0.39, 0.29) is 24.1 Å². The van der Waals surface area contributed by atoms with Crippen LogP contribution in [-0.2, 0) is 32.6 Å². The Morgan fingerprint density at radius 1 is 0.892 bits per heavy atom. The van der Waals surface area contributed by atoms with Gasteiger partial charge in [-0.05, 0) is 40.5 Å². The van der Waals surface area contributed by atoms with E-state index in [1.165, 1.54) is 22.9 Å². The summed E-state index contributed by atoms with van der Waals surface area (Å²) < 4.78 is 14.4. The van der Waals surface area contributed by atoms with Crippen LogP contribution in [0.5, 0.6) is 0 Å². The van der Waals surface area contributed by atoms with Crippen molar-refractivity contribution in [2.75, 3.05) is 14.1 Å². The van der Waals surface area contributed by atoms with Gasteiger partial charge in [-0.15, -0.1) is 0 Å². The number of nitrogens with zero attached hydrogens (tertiary/aromatic N) is 2. The van der Waals surface area contributed by atoms with E-state index in [1.54, 1.807) is 19.2 Å². The molecule has 2 aromatic rings. The summed E-state index contributed by atoms with van der Waals surface area (Å²) in [5, 5.41) is 0. The van der Waals surface area contributed by atoms with Crippen LogP contribution in [0.2, 0.25) is 0 Å². The Kier molecular flexibility index (Phi) is 9.98. The second kappa shape index (κ2) is 12.3. The van der Waals surface area contributed by atoms with Crippen LogP contribution in [0, 0.1) is 11.7 Å². The molecule has 0 radical (unpaired) electrons. The normalized spacial score (nSPS) is 14.1. The summed E-state index contributed by atoms with van der Waals surface area (Å²) in [6.45, 7) is 9.37. The standard InChI is InChI=1S/C29H41FN4O3/c1-18(2)25(34(7)27(36)23(31)16-19-11-9-8-10-12-19)28(37)33(6)24(26(32)35)17-20-13-14-22(30)21(15-20)29(3,4)5/h8-15,18,23-25H,16-17,31H2,1-7H3,(H2,32,35)/t23-,24?,25?/m0/s1. The van der Waals surface area contributed by atoms with Crippen LogP contribution in [0.3, 0.4) is 0 Å². The molecular formula is C29H41FN4O3. The molecule has 3 amide bonds. The molecule has 2 unspecified atom stereocenters. The first-order valence-electron chi connectivity index (χ1n) is 12.6. The SMILES string of the molecule is CC(C)C(C(=O)N(C)C(Cc1ccc(F)c(C(C)(C)C)c1)C(N)=O)N(C)C(=O)[C@@H](N)Cc1ccccc1. The lowest BCUT2D eigenvalue weighted by Gasteiger charge is -2.36. The maximum Gasteiger partial charge on any atom is 0.246 e. The number of hydrogen-bond acceptors (Lipinski definition) is 4. The highest BCUT2D eigenvalue weighted by molar-refractivity contribution is 5.92. The number of nitrogens with two attached hydrogens (primary N) is 2. The quantitative estimate of drug-likeness (QED) is 0.510. The largest absolute Gasteiger partial charge is 0.368 e. The fourth-order valence-electron chi connectivity index (χ4n) is 4.54. The fraction of sp³-hybridized carbons (Fsp3) is 0.483. The van der Waals surface area contributed by atoms with Crippen LogP contribution >= 0.6 is 0 Å². The van der Waals surface area contributed by atoms with Crippen LogP contribution in [0.4, 0.5) is 4.39 Å². The molecule has 0 saturated carbocycles. The smallest absolute Gasteiger partial charge is 0.246 e. The van der Waals surface area contributed by atoms with Gasteiger partial charge in [0.15, 0.2) is 0 Å². The van der Waals surface area contributed by atoms with Crippen LogP contribution in [-0.4, -0.2) is 59.7 Å². The molecule has 2 aromatic carbocycles. The van der Waals surface area contributed by atoms with Gasteiger partial charge in [0.05, 0.1) is 6.04 Å². The Morgan fingerprint density at radius 3 is 2.00 bits per heavy atom. The van der Waals surface area contributed by atoms with Gasteiger partial charge in [0, 0.05) is 20.5 Å². The summed E-state index contributed by atoms with van der Waals surface area (Å²) in [7, 11) is 3.06. The first-order chi connectivity index (χ1) is 17.1. The zero-order valence-electron chi connectivity index (χ0n) is 23.0. The van der Waals surface area contributed by atoms with Crippen LogP contribution in [0.1, 0.15) is 51.3 Å². The van der Waals surface area contributed by atoms with Gasteiger partial charge in [0.1, 0.15) is 17.9 Å². The number of benzene rings is 2. The van der Waals surface area contributed by atoms with Gasteiger partial charge < -0.3 is 21.3 Å². The van der Waals surface area contributed by atoms with E-state index in [9.17, 15) is 18.8 Å². The molecule has 3 atom stereocenters.